The highest BCUT2D eigenvalue weighted by Gasteiger charge is 2.30. The SMILES string of the molecule is O=S1(=O)NC(=NCc2ccccc2CN2CCCC2)c2ccccc21. The van der Waals surface area contributed by atoms with E-state index in [9.17, 15) is 8.42 Å². The van der Waals surface area contributed by atoms with Gasteiger partial charge in [0.25, 0.3) is 10.0 Å². The van der Waals surface area contributed by atoms with Gasteiger partial charge in [0, 0.05) is 12.1 Å². The molecule has 0 aromatic heterocycles. The number of aliphatic imine (C=N–C) groups is 1. The highest BCUT2D eigenvalue weighted by molar-refractivity contribution is 7.90. The minimum Gasteiger partial charge on any atom is -0.299 e. The van der Waals surface area contributed by atoms with Crippen LogP contribution in [0.3, 0.4) is 0 Å². The maximum absolute atomic E-state index is 12.2. The first kappa shape index (κ1) is 16.3. The Kier molecular flexibility index (Phi) is 4.31. The van der Waals surface area contributed by atoms with E-state index in [1.807, 2.05) is 12.1 Å². The number of rotatable bonds is 4. The number of sulfonamides is 1. The van der Waals surface area contributed by atoms with Crippen LogP contribution in [0.25, 0.3) is 0 Å². The van der Waals surface area contributed by atoms with Crippen molar-refractivity contribution in [1.29, 1.82) is 0 Å². The quantitative estimate of drug-likeness (QED) is 0.917. The summed E-state index contributed by atoms with van der Waals surface area (Å²) < 4.78 is 26.9. The minimum absolute atomic E-state index is 0.305. The Hall–Kier alpha value is -2.18. The Bertz CT molecular complexity index is 916. The molecule has 0 atom stereocenters. The fourth-order valence-corrected chi connectivity index (χ4v) is 4.71. The predicted octanol–water partition coefficient (Wildman–Crippen LogP) is 2.52. The third-order valence-electron chi connectivity index (χ3n) is 4.78. The lowest BCUT2D eigenvalue weighted by Crippen LogP contribution is -2.22. The van der Waals surface area contributed by atoms with Crippen LogP contribution in [0.15, 0.2) is 58.4 Å². The summed E-state index contributed by atoms with van der Waals surface area (Å²) in [6, 6.07) is 15.2. The van der Waals surface area contributed by atoms with Crippen molar-refractivity contribution in [3.8, 4) is 0 Å². The van der Waals surface area contributed by atoms with Crippen LogP contribution in [0.5, 0.6) is 0 Å². The van der Waals surface area contributed by atoms with Gasteiger partial charge in [-0.1, -0.05) is 36.4 Å². The number of likely N-dealkylation sites (tertiary alicyclic amines) is 1. The standard InChI is InChI=1S/C19H21N3O2S/c23-25(24)18-10-4-3-9-17(18)19(21-25)20-13-15-7-1-2-8-16(15)14-22-11-5-6-12-22/h1-4,7-10H,5-6,11-14H2,(H,20,21). The monoisotopic (exact) mass is 355 g/mol. The summed E-state index contributed by atoms with van der Waals surface area (Å²) in [6.45, 7) is 3.70. The topological polar surface area (TPSA) is 61.8 Å². The number of amidine groups is 1. The zero-order valence-electron chi connectivity index (χ0n) is 14.0. The Morgan fingerprint density at radius 3 is 2.44 bits per heavy atom. The summed E-state index contributed by atoms with van der Waals surface area (Å²) in [4.78, 5) is 7.34. The van der Waals surface area contributed by atoms with Gasteiger partial charge in [0.15, 0.2) is 0 Å². The Labute approximate surface area is 148 Å². The molecule has 1 N–H and O–H groups in total. The predicted molar refractivity (Wildman–Crippen MR) is 98.0 cm³/mol. The molecule has 5 nitrogen and oxygen atoms in total. The maximum atomic E-state index is 12.2. The van der Waals surface area contributed by atoms with Gasteiger partial charge in [-0.3, -0.25) is 14.6 Å². The Morgan fingerprint density at radius 1 is 0.960 bits per heavy atom. The fourth-order valence-electron chi connectivity index (χ4n) is 3.46. The smallest absolute Gasteiger partial charge is 0.263 e. The van der Waals surface area contributed by atoms with Crippen molar-refractivity contribution < 1.29 is 8.42 Å². The maximum Gasteiger partial charge on any atom is 0.263 e. The van der Waals surface area contributed by atoms with Gasteiger partial charge in [0.1, 0.15) is 5.84 Å². The van der Waals surface area contributed by atoms with Crippen LogP contribution in [-0.4, -0.2) is 32.2 Å². The van der Waals surface area contributed by atoms with E-state index in [-0.39, 0.29) is 0 Å². The van der Waals surface area contributed by atoms with Crippen molar-refractivity contribution in [3.63, 3.8) is 0 Å². The van der Waals surface area contributed by atoms with E-state index in [0.29, 0.717) is 22.8 Å². The van der Waals surface area contributed by atoms with Gasteiger partial charge in [-0.05, 0) is 49.2 Å². The molecule has 2 aromatic rings. The fraction of sp³-hybridized carbons (Fsp3) is 0.316. The zero-order chi connectivity index (χ0) is 17.3. The first-order valence-electron chi connectivity index (χ1n) is 8.59. The number of hydrogen-bond donors (Lipinski definition) is 1. The molecule has 0 unspecified atom stereocenters. The summed E-state index contributed by atoms with van der Waals surface area (Å²) in [6.07, 6.45) is 2.53. The second-order valence-corrected chi connectivity index (χ2v) is 8.17. The molecule has 2 aliphatic rings. The molecule has 0 radical (unpaired) electrons. The Morgan fingerprint density at radius 2 is 1.64 bits per heavy atom. The molecular formula is C19H21N3O2S. The molecule has 130 valence electrons. The molecule has 2 heterocycles. The molecule has 1 fully saturated rings. The van der Waals surface area contributed by atoms with Gasteiger partial charge in [-0.2, -0.15) is 0 Å². The van der Waals surface area contributed by atoms with E-state index in [4.69, 9.17) is 0 Å². The van der Waals surface area contributed by atoms with Crippen molar-refractivity contribution in [2.45, 2.75) is 30.8 Å². The van der Waals surface area contributed by atoms with Crippen molar-refractivity contribution in [3.05, 3.63) is 65.2 Å². The van der Waals surface area contributed by atoms with Gasteiger partial charge in [-0.25, -0.2) is 8.42 Å². The highest BCUT2D eigenvalue weighted by Crippen LogP contribution is 2.23. The van der Waals surface area contributed by atoms with Gasteiger partial charge in [0.2, 0.25) is 0 Å². The van der Waals surface area contributed by atoms with Gasteiger partial charge in [-0.15, -0.1) is 0 Å². The van der Waals surface area contributed by atoms with Crippen LogP contribution >= 0.6 is 0 Å². The van der Waals surface area contributed by atoms with Crippen LogP contribution in [-0.2, 0) is 23.1 Å². The highest BCUT2D eigenvalue weighted by atomic mass is 32.2. The molecule has 1 saturated heterocycles. The van der Waals surface area contributed by atoms with E-state index in [1.165, 1.54) is 18.4 Å². The molecule has 0 amide bonds. The minimum atomic E-state index is -3.48. The average Bonchev–Trinajstić information content (AvgIpc) is 3.21. The first-order chi connectivity index (χ1) is 12.1. The number of nitrogens with one attached hydrogen (secondary N) is 1. The summed E-state index contributed by atoms with van der Waals surface area (Å²) in [5.74, 6) is 0.437. The number of fused-ring (bicyclic) bond motifs is 1. The number of benzene rings is 2. The first-order valence-corrected chi connectivity index (χ1v) is 10.1. The normalized spacial score (nSPS) is 20.6. The van der Waals surface area contributed by atoms with E-state index in [0.717, 1.165) is 25.2 Å². The Balaban J connectivity index is 1.59. The molecular weight excluding hydrogens is 334 g/mol. The van der Waals surface area contributed by atoms with Gasteiger partial charge < -0.3 is 0 Å². The van der Waals surface area contributed by atoms with E-state index < -0.39 is 10.0 Å². The molecule has 0 aliphatic carbocycles. The third kappa shape index (κ3) is 3.32. The van der Waals surface area contributed by atoms with Crippen molar-refractivity contribution in [1.82, 2.24) is 9.62 Å². The molecule has 2 aliphatic heterocycles. The lowest BCUT2D eigenvalue weighted by Gasteiger charge is -2.16. The van der Waals surface area contributed by atoms with Crippen LogP contribution in [0.4, 0.5) is 0 Å². The third-order valence-corrected chi connectivity index (χ3v) is 6.18. The second-order valence-electron chi connectivity index (χ2n) is 6.52. The van der Waals surface area contributed by atoms with E-state index >= 15 is 0 Å². The van der Waals surface area contributed by atoms with Crippen molar-refractivity contribution >= 4 is 15.9 Å². The van der Waals surface area contributed by atoms with Crippen LogP contribution in [0.1, 0.15) is 29.5 Å². The molecule has 6 heteroatoms. The molecule has 2 aromatic carbocycles. The van der Waals surface area contributed by atoms with E-state index in [2.05, 4.69) is 32.8 Å². The van der Waals surface area contributed by atoms with Crippen molar-refractivity contribution in [2.75, 3.05) is 13.1 Å². The summed E-state index contributed by atoms with van der Waals surface area (Å²) in [7, 11) is -3.48. The van der Waals surface area contributed by atoms with Crippen molar-refractivity contribution in [2.24, 2.45) is 4.99 Å². The van der Waals surface area contributed by atoms with Gasteiger partial charge >= 0.3 is 0 Å². The van der Waals surface area contributed by atoms with E-state index in [1.54, 1.807) is 18.2 Å². The van der Waals surface area contributed by atoms with Gasteiger partial charge in [0.05, 0.1) is 11.4 Å². The zero-order valence-corrected chi connectivity index (χ0v) is 14.8. The number of hydrogen-bond acceptors (Lipinski definition) is 4. The summed E-state index contributed by atoms with van der Waals surface area (Å²) >= 11 is 0. The summed E-state index contributed by atoms with van der Waals surface area (Å²) in [5, 5.41) is 0. The summed E-state index contributed by atoms with van der Waals surface area (Å²) in [5.41, 5.74) is 3.06. The lowest BCUT2D eigenvalue weighted by molar-refractivity contribution is 0.330. The average molecular weight is 355 g/mol. The van der Waals surface area contributed by atoms with Crippen LogP contribution in [0.2, 0.25) is 0 Å². The van der Waals surface area contributed by atoms with Crippen LogP contribution in [0, 0.1) is 0 Å². The molecule has 0 spiro atoms. The molecule has 0 bridgehead atoms. The molecule has 0 saturated carbocycles. The van der Waals surface area contributed by atoms with Crippen LogP contribution < -0.4 is 4.72 Å². The second kappa shape index (κ2) is 6.61. The largest absolute Gasteiger partial charge is 0.299 e. The lowest BCUT2D eigenvalue weighted by atomic mass is 10.1. The number of nitrogens with zero attached hydrogens (tertiary/aromatic N) is 2. The molecule has 4 rings (SSSR count). The molecule has 25 heavy (non-hydrogen) atoms.